The molecule has 0 aliphatic heterocycles. The first kappa shape index (κ1) is 29.8. The molecule has 6 nitrogen and oxygen atoms in total. The Hall–Kier alpha value is -0.240. The molecule has 0 radical (unpaired) electrons. The molecule has 0 heterocycles. The predicted octanol–water partition coefficient (Wildman–Crippen LogP) is 2.42. The summed E-state index contributed by atoms with van der Waals surface area (Å²) < 4.78 is 0. The van der Waals surface area contributed by atoms with Gasteiger partial charge in [0.2, 0.25) is 0 Å². The lowest BCUT2D eigenvalue weighted by molar-refractivity contribution is 0.0351. The van der Waals surface area contributed by atoms with Gasteiger partial charge in [0, 0.05) is 45.8 Å². The highest BCUT2D eigenvalue weighted by Gasteiger charge is 2.23. The van der Waals surface area contributed by atoms with Crippen LogP contribution in [0.1, 0.15) is 68.2 Å². The zero-order valence-electron chi connectivity index (χ0n) is 21.4. The van der Waals surface area contributed by atoms with E-state index in [1.165, 1.54) is 0 Å². The highest BCUT2D eigenvalue weighted by atomic mass is 16.3. The Balaban J connectivity index is 4.56. The minimum atomic E-state index is -0.392. The van der Waals surface area contributed by atoms with Gasteiger partial charge >= 0.3 is 0 Å². The van der Waals surface area contributed by atoms with Crippen LogP contribution >= 0.6 is 0 Å². The number of rotatable bonds is 15. The van der Waals surface area contributed by atoms with Crippen molar-refractivity contribution in [3.63, 3.8) is 0 Å². The molecule has 3 unspecified atom stereocenters. The summed E-state index contributed by atoms with van der Waals surface area (Å²) in [4.78, 5) is 4.47. The number of aliphatic hydroxyl groups is 3. The third-order valence-corrected chi connectivity index (χ3v) is 5.23. The summed E-state index contributed by atoms with van der Waals surface area (Å²) in [5, 5.41) is 34.3. The fourth-order valence-electron chi connectivity index (χ4n) is 3.58. The number of nitrogens with one attached hydrogen (secondary N) is 1. The van der Waals surface area contributed by atoms with Crippen LogP contribution in [-0.2, 0) is 0 Å². The van der Waals surface area contributed by atoms with Gasteiger partial charge in [-0.05, 0) is 36.6 Å². The lowest BCUT2D eigenvalue weighted by Gasteiger charge is -2.32. The van der Waals surface area contributed by atoms with Gasteiger partial charge in [0.25, 0.3) is 0 Å². The van der Waals surface area contributed by atoms with Crippen LogP contribution in [0.2, 0.25) is 0 Å². The maximum absolute atomic E-state index is 10.6. The van der Waals surface area contributed by atoms with E-state index in [0.717, 1.165) is 39.0 Å². The van der Waals surface area contributed by atoms with Gasteiger partial charge in [0.05, 0.1) is 18.3 Å². The van der Waals surface area contributed by atoms with Crippen molar-refractivity contribution < 1.29 is 15.3 Å². The van der Waals surface area contributed by atoms with Gasteiger partial charge < -0.3 is 25.5 Å². The van der Waals surface area contributed by atoms with E-state index >= 15 is 0 Å². The van der Waals surface area contributed by atoms with Gasteiger partial charge in [-0.1, -0.05) is 55.4 Å². The minimum absolute atomic E-state index is 0.0815. The molecule has 0 fully saturated rings. The van der Waals surface area contributed by atoms with Crippen molar-refractivity contribution in [2.45, 2.75) is 86.5 Å². The van der Waals surface area contributed by atoms with Crippen molar-refractivity contribution in [2.24, 2.45) is 16.7 Å². The SMILES string of the molecule is CC(C)C(O)CNCCN(C)CCN(CC(O)CC(C)(C)C)CC(O)CC(C)(C)C. The fourth-order valence-corrected chi connectivity index (χ4v) is 3.58. The molecule has 0 spiro atoms. The van der Waals surface area contributed by atoms with Gasteiger partial charge in [-0.3, -0.25) is 4.90 Å². The second-order valence-electron chi connectivity index (χ2n) is 11.9. The van der Waals surface area contributed by atoms with Crippen molar-refractivity contribution in [3.05, 3.63) is 0 Å². The van der Waals surface area contributed by atoms with Gasteiger partial charge in [-0.15, -0.1) is 0 Å². The standard InChI is InChI=1S/C24H53N3O3/c1-19(2)22(30)16-25-10-11-26(9)12-13-27(17-20(28)14-23(3,4)5)18-21(29)15-24(6,7)8/h19-22,25,28-30H,10-18H2,1-9H3. The molecular formula is C24H53N3O3. The molecule has 0 rings (SSSR count). The Bertz CT molecular complexity index is 408. The van der Waals surface area contributed by atoms with Gasteiger partial charge in [-0.25, -0.2) is 0 Å². The molecule has 0 aromatic rings. The molecule has 0 amide bonds. The average Bonchev–Trinajstić information content (AvgIpc) is 2.52. The van der Waals surface area contributed by atoms with Crippen molar-refractivity contribution in [2.75, 3.05) is 52.9 Å². The predicted molar refractivity (Wildman–Crippen MR) is 128 cm³/mol. The lowest BCUT2D eigenvalue weighted by atomic mass is 9.88. The molecule has 0 bridgehead atoms. The van der Waals surface area contributed by atoms with Crippen LogP contribution in [0.4, 0.5) is 0 Å². The third-order valence-electron chi connectivity index (χ3n) is 5.23. The van der Waals surface area contributed by atoms with E-state index in [9.17, 15) is 15.3 Å². The number of hydrogen-bond donors (Lipinski definition) is 4. The van der Waals surface area contributed by atoms with Crippen LogP contribution in [0.15, 0.2) is 0 Å². The van der Waals surface area contributed by atoms with Crippen LogP contribution in [0, 0.1) is 16.7 Å². The maximum atomic E-state index is 10.6. The Morgan fingerprint density at radius 2 is 1.23 bits per heavy atom. The van der Waals surface area contributed by atoms with Crippen LogP contribution in [0.25, 0.3) is 0 Å². The van der Waals surface area contributed by atoms with Crippen LogP contribution in [0.5, 0.6) is 0 Å². The van der Waals surface area contributed by atoms with Gasteiger partial charge in [-0.2, -0.15) is 0 Å². The summed E-state index contributed by atoms with van der Waals surface area (Å²) in [6.45, 7) is 22.1. The average molecular weight is 432 g/mol. The highest BCUT2D eigenvalue weighted by molar-refractivity contribution is 4.77. The van der Waals surface area contributed by atoms with E-state index in [1.54, 1.807) is 0 Å². The summed E-state index contributed by atoms with van der Waals surface area (Å²) in [5.41, 5.74) is 0.163. The molecule has 0 aromatic heterocycles. The Kier molecular flexibility index (Phi) is 13.9. The first-order valence-electron chi connectivity index (χ1n) is 11.7. The largest absolute Gasteiger partial charge is 0.392 e. The minimum Gasteiger partial charge on any atom is -0.392 e. The summed E-state index contributed by atoms with van der Waals surface area (Å²) in [6, 6.07) is 0. The van der Waals surface area contributed by atoms with E-state index in [4.69, 9.17) is 0 Å². The maximum Gasteiger partial charge on any atom is 0.0687 e. The normalized spacial score (nSPS) is 16.5. The Morgan fingerprint density at radius 1 is 0.767 bits per heavy atom. The molecule has 0 saturated carbocycles. The number of hydrogen-bond acceptors (Lipinski definition) is 6. The molecule has 0 saturated heterocycles. The zero-order chi connectivity index (χ0) is 23.5. The summed E-state index contributed by atoms with van der Waals surface area (Å²) >= 11 is 0. The first-order valence-corrected chi connectivity index (χ1v) is 11.7. The summed E-state index contributed by atoms with van der Waals surface area (Å²) in [6.07, 6.45) is 0.403. The molecule has 0 aliphatic rings. The van der Waals surface area contributed by atoms with Gasteiger partial charge in [0.15, 0.2) is 0 Å². The van der Waals surface area contributed by atoms with E-state index in [-0.39, 0.29) is 22.9 Å². The quantitative estimate of drug-likeness (QED) is 0.298. The monoisotopic (exact) mass is 431 g/mol. The molecule has 182 valence electrons. The summed E-state index contributed by atoms with van der Waals surface area (Å²) in [7, 11) is 2.09. The number of nitrogens with zero attached hydrogens (tertiary/aromatic N) is 2. The molecule has 3 atom stereocenters. The fraction of sp³-hybridized carbons (Fsp3) is 1.00. The number of aliphatic hydroxyl groups excluding tert-OH is 3. The second-order valence-corrected chi connectivity index (χ2v) is 11.9. The zero-order valence-corrected chi connectivity index (χ0v) is 21.4. The second kappa shape index (κ2) is 14.0. The highest BCUT2D eigenvalue weighted by Crippen LogP contribution is 2.23. The Labute approximate surface area is 187 Å². The molecule has 6 heteroatoms. The molecule has 4 N–H and O–H groups in total. The molecule has 30 heavy (non-hydrogen) atoms. The smallest absolute Gasteiger partial charge is 0.0687 e. The van der Waals surface area contributed by atoms with E-state index in [2.05, 4.69) is 63.7 Å². The van der Waals surface area contributed by atoms with Crippen molar-refractivity contribution in [1.29, 1.82) is 0 Å². The number of likely N-dealkylation sites (N-methyl/N-ethyl adjacent to an activating group) is 1. The molecular weight excluding hydrogens is 378 g/mol. The van der Waals surface area contributed by atoms with E-state index in [0.29, 0.717) is 19.6 Å². The van der Waals surface area contributed by atoms with Crippen LogP contribution in [-0.4, -0.2) is 96.3 Å². The van der Waals surface area contributed by atoms with Crippen molar-refractivity contribution >= 4 is 0 Å². The topological polar surface area (TPSA) is 79.2 Å². The van der Waals surface area contributed by atoms with Crippen LogP contribution in [0.3, 0.4) is 0 Å². The van der Waals surface area contributed by atoms with Crippen LogP contribution < -0.4 is 5.32 Å². The summed E-state index contributed by atoms with van der Waals surface area (Å²) in [5.74, 6) is 0.267. The lowest BCUT2D eigenvalue weighted by Crippen LogP contribution is -2.44. The molecule has 0 aromatic carbocycles. The van der Waals surface area contributed by atoms with Gasteiger partial charge in [0.1, 0.15) is 0 Å². The third kappa shape index (κ3) is 17.4. The Morgan fingerprint density at radius 3 is 1.63 bits per heavy atom. The first-order chi connectivity index (χ1) is 13.6. The van der Waals surface area contributed by atoms with E-state index in [1.807, 2.05) is 13.8 Å². The molecule has 0 aliphatic carbocycles. The van der Waals surface area contributed by atoms with Crippen molar-refractivity contribution in [3.8, 4) is 0 Å². The van der Waals surface area contributed by atoms with Crippen molar-refractivity contribution in [1.82, 2.24) is 15.1 Å². The van der Waals surface area contributed by atoms with E-state index < -0.39 is 12.2 Å².